The van der Waals surface area contributed by atoms with Gasteiger partial charge >= 0.3 is 6.61 Å². The van der Waals surface area contributed by atoms with Crippen molar-refractivity contribution < 1.29 is 22.7 Å². The van der Waals surface area contributed by atoms with Crippen molar-refractivity contribution >= 4 is 22.6 Å². The number of furan rings is 1. The Labute approximate surface area is 181 Å². The first-order valence-corrected chi connectivity index (χ1v) is 10.4. The van der Waals surface area contributed by atoms with E-state index in [1.54, 1.807) is 12.1 Å². The van der Waals surface area contributed by atoms with Crippen molar-refractivity contribution in [1.82, 2.24) is 19.2 Å². The maximum Gasteiger partial charge on any atom is 0.387 e. The fourth-order valence-corrected chi connectivity index (χ4v) is 3.75. The second kappa shape index (κ2) is 9.50. The van der Waals surface area contributed by atoms with Crippen LogP contribution in [0.3, 0.4) is 0 Å². The number of halogens is 2. The minimum absolute atomic E-state index is 0.0108. The molecule has 3 heterocycles. The van der Waals surface area contributed by atoms with E-state index < -0.39 is 12.5 Å². The first-order valence-electron chi connectivity index (χ1n) is 9.65. The van der Waals surface area contributed by atoms with E-state index in [1.807, 2.05) is 0 Å². The molecule has 0 saturated carbocycles. The number of carbonyl (C=O) groups is 1. The Bertz CT molecular complexity index is 1030. The molecule has 0 bridgehead atoms. The van der Waals surface area contributed by atoms with Crippen molar-refractivity contribution in [3.8, 4) is 17.1 Å². The van der Waals surface area contributed by atoms with Gasteiger partial charge in [0, 0.05) is 43.3 Å². The lowest BCUT2D eigenvalue weighted by molar-refractivity contribution is -0.0498. The predicted octanol–water partition coefficient (Wildman–Crippen LogP) is 3.40. The lowest BCUT2D eigenvalue weighted by Gasteiger charge is -2.31. The van der Waals surface area contributed by atoms with Gasteiger partial charge in [0.25, 0.3) is 5.91 Å². The number of amides is 1. The second-order valence-corrected chi connectivity index (χ2v) is 7.91. The Morgan fingerprint density at radius 1 is 1.29 bits per heavy atom. The maximum atomic E-state index is 12.5. The molecular weight excluding hydrogens is 428 g/mol. The molecule has 2 aromatic heterocycles. The monoisotopic (exact) mass is 449 g/mol. The van der Waals surface area contributed by atoms with Crippen LogP contribution < -0.4 is 10.1 Å². The summed E-state index contributed by atoms with van der Waals surface area (Å²) in [6.07, 6.45) is 1.30. The first kappa shape index (κ1) is 21.3. The third-order valence-corrected chi connectivity index (χ3v) is 5.52. The number of carbonyl (C=O) groups excluding carboxylic acids is 1. The Morgan fingerprint density at radius 3 is 2.87 bits per heavy atom. The number of anilines is 1. The minimum Gasteiger partial charge on any atom is -0.464 e. The van der Waals surface area contributed by atoms with Gasteiger partial charge < -0.3 is 14.1 Å². The molecule has 0 radical (unpaired) electrons. The summed E-state index contributed by atoms with van der Waals surface area (Å²) >= 11 is 1.12. The van der Waals surface area contributed by atoms with Crippen LogP contribution in [0.2, 0.25) is 0 Å². The molecule has 0 atom stereocenters. The van der Waals surface area contributed by atoms with E-state index >= 15 is 0 Å². The molecule has 4 rings (SSSR count). The standard InChI is InChI=1S/C20H21F2N5O3S/c1-26-5-7-27(8-6-26)11-17-23-20(31-25-17)24-18(28)14-10-16(29-12-14)13-3-2-4-15(9-13)30-19(21)22/h2-4,9-10,12,19H,5-8,11H2,1H3,(H,23,24,25,28). The molecule has 164 valence electrons. The van der Waals surface area contributed by atoms with Crippen LogP contribution in [0.5, 0.6) is 5.75 Å². The van der Waals surface area contributed by atoms with Crippen LogP contribution in [0.15, 0.2) is 41.0 Å². The highest BCUT2D eigenvalue weighted by atomic mass is 32.1. The number of ether oxygens (including phenoxy) is 1. The topological polar surface area (TPSA) is 83.7 Å². The average Bonchev–Trinajstić information content (AvgIpc) is 3.39. The molecule has 11 heteroatoms. The predicted molar refractivity (Wildman–Crippen MR) is 111 cm³/mol. The first-order chi connectivity index (χ1) is 15.0. The van der Waals surface area contributed by atoms with Gasteiger partial charge in [0.15, 0.2) is 5.82 Å². The molecule has 3 aromatic rings. The van der Waals surface area contributed by atoms with E-state index in [1.165, 1.54) is 24.5 Å². The molecule has 8 nitrogen and oxygen atoms in total. The van der Waals surface area contributed by atoms with Crippen LogP contribution in [0.1, 0.15) is 16.2 Å². The number of piperazine rings is 1. The molecule has 1 amide bonds. The maximum absolute atomic E-state index is 12.5. The van der Waals surface area contributed by atoms with Crippen molar-refractivity contribution in [3.05, 3.63) is 48.0 Å². The summed E-state index contributed by atoms with van der Waals surface area (Å²) in [4.78, 5) is 21.5. The number of aromatic nitrogens is 2. The second-order valence-electron chi connectivity index (χ2n) is 7.16. The SMILES string of the molecule is CN1CCN(Cc2nsc(NC(=O)c3coc(-c4cccc(OC(F)F)c4)c3)n2)CC1. The molecule has 1 N–H and O–H groups in total. The highest BCUT2D eigenvalue weighted by Crippen LogP contribution is 2.27. The fourth-order valence-electron chi connectivity index (χ4n) is 3.18. The van der Waals surface area contributed by atoms with E-state index in [4.69, 9.17) is 4.42 Å². The van der Waals surface area contributed by atoms with Crippen LogP contribution in [-0.2, 0) is 6.54 Å². The summed E-state index contributed by atoms with van der Waals surface area (Å²) in [6, 6.07) is 7.61. The van der Waals surface area contributed by atoms with Crippen LogP contribution in [0, 0.1) is 0 Å². The summed E-state index contributed by atoms with van der Waals surface area (Å²) in [5.74, 6) is 0.653. The highest BCUT2D eigenvalue weighted by molar-refractivity contribution is 7.09. The number of alkyl halides is 2. The zero-order valence-corrected chi connectivity index (χ0v) is 17.6. The van der Waals surface area contributed by atoms with E-state index in [2.05, 4.69) is 36.3 Å². The Hall–Kier alpha value is -2.89. The van der Waals surface area contributed by atoms with Gasteiger partial charge in [-0.25, -0.2) is 4.98 Å². The smallest absolute Gasteiger partial charge is 0.387 e. The summed E-state index contributed by atoms with van der Waals surface area (Å²) in [5, 5.41) is 3.13. The van der Waals surface area contributed by atoms with Crippen LogP contribution in [0.25, 0.3) is 11.3 Å². The third kappa shape index (κ3) is 5.63. The van der Waals surface area contributed by atoms with Gasteiger partial charge in [-0.15, -0.1) is 0 Å². The van der Waals surface area contributed by atoms with Crippen LogP contribution in [0.4, 0.5) is 13.9 Å². The van der Waals surface area contributed by atoms with Crippen molar-refractivity contribution in [1.29, 1.82) is 0 Å². The quantitative estimate of drug-likeness (QED) is 0.592. The molecular formula is C20H21F2N5O3S. The molecule has 0 aliphatic carbocycles. The average molecular weight is 449 g/mol. The van der Waals surface area contributed by atoms with Gasteiger partial charge in [-0.3, -0.25) is 15.0 Å². The molecule has 1 aliphatic heterocycles. The zero-order valence-electron chi connectivity index (χ0n) is 16.8. The Balaban J connectivity index is 1.37. The Morgan fingerprint density at radius 2 is 2.10 bits per heavy atom. The number of likely N-dealkylation sites (N-methyl/N-ethyl adjacent to an activating group) is 1. The van der Waals surface area contributed by atoms with E-state index in [0.29, 0.717) is 28.8 Å². The number of nitrogens with one attached hydrogen (secondary N) is 1. The fraction of sp³-hybridized carbons (Fsp3) is 0.350. The molecule has 31 heavy (non-hydrogen) atoms. The van der Waals surface area contributed by atoms with Gasteiger partial charge in [0.05, 0.1) is 12.1 Å². The van der Waals surface area contributed by atoms with Crippen molar-refractivity contribution in [2.24, 2.45) is 0 Å². The highest BCUT2D eigenvalue weighted by Gasteiger charge is 2.18. The lowest BCUT2D eigenvalue weighted by atomic mass is 10.1. The van der Waals surface area contributed by atoms with Gasteiger partial charge in [0.2, 0.25) is 5.13 Å². The molecule has 0 spiro atoms. The summed E-state index contributed by atoms with van der Waals surface area (Å²) in [7, 11) is 2.10. The third-order valence-electron chi connectivity index (χ3n) is 4.85. The van der Waals surface area contributed by atoms with Gasteiger partial charge in [-0.05, 0) is 25.2 Å². The zero-order chi connectivity index (χ0) is 21.8. The van der Waals surface area contributed by atoms with Crippen LogP contribution in [-0.4, -0.2) is 64.9 Å². The number of hydrogen-bond acceptors (Lipinski definition) is 8. The number of nitrogens with zero attached hydrogens (tertiary/aromatic N) is 4. The summed E-state index contributed by atoms with van der Waals surface area (Å²) < 4.78 is 39.0. The van der Waals surface area contributed by atoms with Crippen molar-refractivity contribution in [2.45, 2.75) is 13.2 Å². The number of hydrogen-bond donors (Lipinski definition) is 1. The van der Waals surface area contributed by atoms with E-state index in [0.717, 1.165) is 37.7 Å². The molecule has 1 aromatic carbocycles. The van der Waals surface area contributed by atoms with Crippen LogP contribution >= 0.6 is 11.5 Å². The normalized spacial score (nSPS) is 15.4. The van der Waals surface area contributed by atoms with Crippen molar-refractivity contribution in [2.75, 3.05) is 38.5 Å². The molecule has 0 unspecified atom stereocenters. The van der Waals surface area contributed by atoms with Gasteiger partial charge in [-0.2, -0.15) is 13.2 Å². The van der Waals surface area contributed by atoms with E-state index in [9.17, 15) is 13.6 Å². The summed E-state index contributed by atoms with van der Waals surface area (Å²) in [6.45, 7) is 1.66. The molecule has 1 saturated heterocycles. The lowest BCUT2D eigenvalue weighted by Crippen LogP contribution is -2.44. The largest absolute Gasteiger partial charge is 0.464 e. The number of rotatable bonds is 7. The van der Waals surface area contributed by atoms with E-state index in [-0.39, 0.29) is 11.3 Å². The van der Waals surface area contributed by atoms with Gasteiger partial charge in [0.1, 0.15) is 17.8 Å². The number of benzene rings is 1. The molecule has 1 aliphatic rings. The van der Waals surface area contributed by atoms with Crippen molar-refractivity contribution in [3.63, 3.8) is 0 Å². The van der Waals surface area contributed by atoms with Gasteiger partial charge in [-0.1, -0.05) is 12.1 Å². The Kier molecular flexibility index (Phi) is 6.54. The summed E-state index contributed by atoms with van der Waals surface area (Å²) in [5.41, 5.74) is 0.800. The minimum atomic E-state index is -2.92. The molecule has 1 fully saturated rings.